The monoisotopic (exact) mass is 362 g/mol. The Balaban J connectivity index is 2.55. The second kappa shape index (κ2) is 8.55. The number of hydrogen-bond donors (Lipinski definition) is 1. The Hall–Kier alpha value is -3.06. The van der Waals surface area contributed by atoms with E-state index in [4.69, 9.17) is 4.74 Å². The third kappa shape index (κ3) is 4.57. The Morgan fingerprint density at radius 2 is 1.78 bits per heavy atom. The van der Waals surface area contributed by atoms with E-state index >= 15 is 0 Å². The van der Waals surface area contributed by atoms with Gasteiger partial charge in [-0.3, -0.25) is 4.79 Å². The summed E-state index contributed by atoms with van der Waals surface area (Å²) in [4.78, 5) is 13.1. The van der Waals surface area contributed by atoms with Crippen LogP contribution in [0.1, 0.15) is 49.2 Å². The van der Waals surface area contributed by atoms with E-state index in [1.807, 2.05) is 64.1 Å². The van der Waals surface area contributed by atoms with E-state index in [2.05, 4.69) is 11.4 Å². The van der Waals surface area contributed by atoms with Crippen LogP contribution in [0.4, 0.5) is 0 Å². The highest BCUT2D eigenvalue weighted by Crippen LogP contribution is 2.31. The van der Waals surface area contributed by atoms with E-state index in [9.17, 15) is 10.1 Å². The Labute approximate surface area is 161 Å². The van der Waals surface area contributed by atoms with Gasteiger partial charge < -0.3 is 10.1 Å². The van der Waals surface area contributed by atoms with Gasteiger partial charge in [-0.25, -0.2) is 0 Å². The first-order chi connectivity index (χ1) is 12.8. The summed E-state index contributed by atoms with van der Waals surface area (Å²) >= 11 is 0. The second-order valence-corrected chi connectivity index (χ2v) is 7.27. The van der Waals surface area contributed by atoms with Crippen molar-refractivity contribution in [1.29, 1.82) is 5.26 Å². The average Bonchev–Trinajstić information content (AvgIpc) is 2.66. The predicted molar refractivity (Wildman–Crippen MR) is 108 cm³/mol. The van der Waals surface area contributed by atoms with Crippen molar-refractivity contribution in [3.63, 3.8) is 0 Å². The maximum absolute atomic E-state index is 13.1. The number of nitrogens with zero attached hydrogens (tertiary/aromatic N) is 1. The van der Waals surface area contributed by atoms with Crippen LogP contribution in [0, 0.1) is 16.7 Å². The molecule has 0 radical (unpaired) electrons. The van der Waals surface area contributed by atoms with Crippen molar-refractivity contribution < 1.29 is 9.53 Å². The number of methoxy groups -OCH3 is 1. The van der Waals surface area contributed by atoms with Crippen LogP contribution in [0.2, 0.25) is 0 Å². The van der Waals surface area contributed by atoms with Crippen LogP contribution in [0.5, 0.6) is 5.75 Å². The topological polar surface area (TPSA) is 62.1 Å². The lowest BCUT2D eigenvalue weighted by molar-refractivity contribution is 0.0956. The van der Waals surface area contributed by atoms with Gasteiger partial charge in [0.25, 0.3) is 5.91 Å². The molecule has 27 heavy (non-hydrogen) atoms. The number of rotatable bonds is 5. The molecule has 0 aliphatic heterocycles. The zero-order valence-electron chi connectivity index (χ0n) is 16.6. The quantitative estimate of drug-likeness (QED) is 0.764. The Morgan fingerprint density at radius 1 is 1.11 bits per heavy atom. The van der Waals surface area contributed by atoms with Gasteiger partial charge in [0, 0.05) is 22.2 Å². The maximum atomic E-state index is 13.1. The fourth-order valence-corrected chi connectivity index (χ4v) is 3.01. The van der Waals surface area contributed by atoms with Crippen LogP contribution in [0.3, 0.4) is 0 Å². The fourth-order valence-electron chi connectivity index (χ4n) is 3.01. The minimum atomic E-state index is -0.415. The number of allylic oxidation sites excluding steroid dienone is 2. The highest BCUT2D eigenvalue weighted by molar-refractivity contribution is 5.99. The molecule has 2 aromatic carbocycles. The van der Waals surface area contributed by atoms with Crippen molar-refractivity contribution in [1.82, 2.24) is 5.32 Å². The molecule has 140 valence electrons. The molecular weight excluding hydrogens is 336 g/mol. The van der Waals surface area contributed by atoms with Crippen molar-refractivity contribution in [2.45, 2.75) is 34.1 Å². The normalized spacial score (nSPS) is 12.0. The lowest BCUT2D eigenvalue weighted by Gasteiger charge is -2.26. The Kier molecular flexibility index (Phi) is 6.41. The summed E-state index contributed by atoms with van der Waals surface area (Å²) < 4.78 is 5.39. The molecular formula is C23H26N2O2. The predicted octanol–water partition coefficient (Wildman–Crippen LogP) is 4.97. The molecule has 0 saturated carbocycles. The number of ether oxygens (including phenoxy) is 1. The van der Waals surface area contributed by atoms with E-state index in [0.29, 0.717) is 29.0 Å². The summed E-state index contributed by atoms with van der Waals surface area (Å²) in [6.45, 7) is 7.93. The molecule has 0 spiro atoms. The molecule has 0 saturated heterocycles. The number of benzene rings is 2. The second-order valence-electron chi connectivity index (χ2n) is 7.27. The zero-order valence-corrected chi connectivity index (χ0v) is 16.6. The summed E-state index contributed by atoms with van der Waals surface area (Å²) in [7, 11) is 1.60. The van der Waals surface area contributed by atoms with Crippen molar-refractivity contribution in [3.8, 4) is 11.8 Å². The van der Waals surface area contributed by atoms with Gasteiger partial charge in [0.15, 0.2) is 0 Å². The third-order valence-corrected chi connectivity index (χ3v) is 4.36. The number of amides is 1. The van der Waals surface area contributed by atoms with Crippen LogP contribution in [-0.2, 0) is 6.42 Å². The lowest BCUT2D eigenvalue weighted by Crippen LogP contribution is -2.32. The molecule has 4 heteroatoms. The Morgan fingerprint density at radius 3 is 2.30 bits per heavy atom. The first kappa shape index (κ1) is 20.3. The van der Waals surface area contributed by atoms with Gasteiger partial charge in [0.1, 0.15) is 11.8 Å². The minimum Gasteiger partial charge on any atom is -0.496 e. The van der Waals surface area contributed by atoms with Crippen LogP contribution < -0.4 is 10.1 Å². The Bertz CT molecular complexity index is 885. The number of nitriles is 1. The number of carbonyl (C=O) groups is 1. The van der Waals surface area contributed by atoms with E-state index < -0.39 is 5.41 Å². The van der Waals surface area contributed by atoms with Crippen molar-refractivity contribution in [3.05, 3.63) is 70.9 Å². The standard InChI is InChI=1S/C23H26N2O2/c1-6-17-18(13-10-14-20(17)27-5)22(26)25-21(23(2,3)4)19(15-24)16-11-8-7-9-12-16/h7-14H,6H2,1-5H3,(H,25,26)/b21-19-. The molecule has 0 unspecified atom stereocenters. The van der Waals surface area contributed by atoms with Crippen molar-refractivity contribution >= 4 is 11.5 Å². The molecule has 0 atom stereocenters. The molecule has 0 aromatic heterocycles. The van der Waals surface area contributed by atoms with Crippen LogP contribution in [-0.4, -0.2) is 13.0 Å². The van der Waals surface area contributed by atoms with E-state index in [-0.39, 0.29) is 5.91 Å². The third-order valence-electron chi connectivity index (χ3n) is 4.36. The lowest BCUT2D eigenvalue weighted by atomic mass is 9.86. The first-order valence-corrected chi connectivity index (χ1v) is 9.01. The summed E-state index contributed by atoms with van der Waals surface area (Å²) in [6, 6.07) is 17.1. The molecule has 0 heterocycles. The molecule has 0 aliphatic carbocycles. The number of carbonyl (C=O) groups excluding carboxylic acids is 1. The summed E-state index contributed by atoms with van der Waals surface area (Å²) in [5.41, 5.74) is 2.85. The first-order valence-electron chi connectivity index (χ1n) is 9.01. The van der Waals surface area contributed by atoms with Gasteiger partial charge in [0.2, 0.25) is 0 Å². The van der Waals surface area contributed by atoms with Gasteiger partial charge in [-0.2, -0.15) is 5.26 Å². The fraction of sp³-hybridized carbons (Fsp3) is 0.304. The minimum absolute atomic E-state index is 0.237. The molecule has 2 aromatic rings. The van der Waals surface area contributed by atoms with Gasteiger partial charge in [-0.15, -0.1) is 0 Å². The largest absolute Gasteiger partial charge is 0.496 e. The average molecular weight is 362 g/mol. The highest BCUT2D eigenvalue weighted by Gasteiger charge is 2.26. The summed E-state index contributed by atoms with van der Waals surface area (Å²) in [6.07, 6.45) is 0.672. The van der Waals surface area contributed by atoms with Gasteiger partial charge >= 0.3 is 0 Å². The summed E-state index contributed by atoms with van der Waals surface area (Å²) in [5, 5.41) is 12.8. The number of hydrogen-bond acceptors (Lipinski definition) is 3. The molecule has 1 amide bonds. The molecule has 0 fully saturated rings. The van der Waals surface area contributed by atoms with E-state index in [1.165, 1.54) is 0 Å². The molecule has 0 bridgehead atoms. The van der Waals surface area contributed by atoms with Gasteiger partial charge in [-0.05, 0) is 24.1 Å². The number of nitrogens with one attached hydrogen (secondary N) is 1. The zero-order chi connectivity index (χ0) is 20.0. The van der Waals surface area contributed by atoms with Gasteiger partial charge in [-0.1, -0.05) is 64.1 Å². The SMILES string of the molecule is CCc1c(OC)cccc1C(=O)N/C(=C(/C#N)c1ccccc1)C(C)(C)C. The van der Waals surface area contributed by atoms with Crippen LogP contribution in [0.25, 0.3) is 5.57 Å². The molecule has 0 aliphatic rings. The van der Waals surface area contributed by atoms with Crippen molar-refractivity contribution in [2.24, 2.45) is 5.41 Å². The maximum Gasteiger partial charge on any atom is 0.255 e. The molecule has 4 nitrogen and oxygen atoms in total. The molecule has 1 N–H and O–H groups in total. The van der Waals surface area contributed by atoms with Crippen LogP contribution in [0.15, 0.2) is 54.2 Å². The van der Waals surface area contributed by atoms with E-state index in [0.717, 1.165) is 11.1 Å². The van der Waals surface area contributed by atoms with E-state index in [1.54, 1.807) is 19.2 Å². The smallest absolute Gasteiger partial charge is 0.255 e. The van der Waals surface area contributed by atoms with Crippen molar-refractivity contribution in [2.75, 3.05) is 7.11 Å². The van der Waals surface area contributed by atoms with Crippen LogP contribution >= 0.6 is 0 Å². The highest BCUT2D eigenvalue weighted by atomic mass is 16.5. The molecule has 2 rings (SSSR count). The summed E-state index contributed by atoms with van der Waals surface area (Å²) in [5.74, 6) is 0.453. The van der Waals surface area contributed by atoms with Gasteiger partial charge in [0.05, 0.1) is 12.7 Å².